The van der Waals surface area contributed by atoms with Crippen molar-refractivity contribution in [1.29, 1.82) is 0 Å². The van der Waals surface area contributed by atoms with Crippen LogP contribution in [0.5, 0.6) is 11.5 Å². The average Bonchev–Trinajstić information content (AvgIpc) is 3.47. The Morgan fingerprint density at radius 1 is 0.949 bits per heavy atom. The van der Waals surface area contributed by atoms with E-state index in [1.807, 2.05) is 55.6 Å². The topological polar surface area (TPSA) is 42.8 Å². The fourth-order valence-electron chi connectivity index (χ4n) is 5.59. The first-order valence-corrected chi connectivity index (χ1v) is 13.9. The van der Waals surface area contributed by atoms with Crippen LogP contribution in [0.3, 0.4) is 0 Å². The van der Waals surface area contributed by atoms with Crippen molar-refractivity contribution in [3.05, 3.63) is 130 Å². The first-order valence-electron chi connectivity index (χ1n) is 13.5. The fourth-order valence-corrected chi connectivity index (χ4v) is 5.86. The lowest BCUT2D eigenvalue weighted by Crippen LogP contribution is -2.28. The number of halogens is 1. The minimum Gasteiger partial charge on any atom is -0.490 e. The maximum atomic E-state index is 6.63. The van der Waals surface area contributed by atoms with Crippen molar-refractivity contribution in [2.75, 3.05) is 11.9 Å². The molecule has 1 aliphatic carbocycles. The van der Waals surface area contributed by atoms with E-state index in [1.54, 1.807) is 0 Å². The average molecular weight is 535 g/mol. The second-order valence-electron chi connectivity index (χ2n) is 9.95. The zero-order chi connectivity index (χ0) is 26.6. The Balaban J connectivity index is 1.18. The predicted octanol–water partition coefficient (Wildman–Crippen LogP) is 8.89. The van der Waals surface area contributed by atoms with Crippen molar-refractivity contribution in [1.82, 2.24) is 0 Å². The number of nitrogens with zero attached hydrogens (tertiary/aromatic N) is 1. The highest BCUT2D eigenvalue weighted by molar-refractivity contribution is 6.32. The van der Waals surface area contributed by atoms with Crippen LogP contribution in [-0.2, 0) is 6.61 Å². The van der Waals surface area contributed by atoms with Gasteiger partial charge in [0, 0.05) is 17.8 Å². The molecule has 0 saturated heterocycles. The zero-order valence-corrected chi connectivity index (χ0v) is 22.6. The minimum absolute atomic E-state index is 0.272. The van der Waals surface area contributed by atoms with Crippen molar-refractivity contribution < 1.29 is 9.47 Å². The number of nitrogens with one attached hydrogen (secondary N) is 1. The van der Waals surface area contributed by atoms with Crippen LogP contribution >= 0.6 is 11.6 Å². The van der Waals surface area contributed by atoms with Gasteiger partial charge in [-0.1, -0.05) is 84.4 Å². The summed E-state index contributed by atoms with van der Waals surface area (Å²) in [5.41, 5.74) is 6.71. The molecule has 0 saturated carbocycles. The van der Waals surface area contributed by atoms with E-state index in [1.165, 1.54) is 16.8 Å². The number of benzene rings is 4. The van der Waals surface area contributed by atoms with Crippen molar-refractivity contribution >= 4 is 29.2 Å². The number of hydrogen-bond donors (Lipinski definition) is 1. The normalized spacial score (nSPS) is 19.4. The van der Waals surface area contributed by atoms with Gasteiger partial charge in [0.05, 0.1) is 23.4 Å². The number of rotatable bonds is 8. The third-order valence-electron chi connectivity index (χ3n) is 7.44. The molecule has 5 heteroatoms. The molecule has 4 aromatic carbocycles. The molecule has 4 aromatic rings. The highest BCUT2D eigenvalue weighted by atomic mass is 35.5. The Morgan fingerprint density at radius 2 is 1.74 bits per heavy atom. The van der Waals surface area contributed by atoms with Crippen LogP contribution < -0.4 is 14.8 Å². The van der Waals surface area contributed by atoms with E-state index < -0.39 is 0 Å². The van der Waals surface area contributed by atoms with Crippen molar-refractivity contribution in [3.8, 4) is 11.5 Å². The summed E-state index contributed by atoms with van der Waals surface area (Å²) in [6, 6.07) is 31.2. The maximum Gasteiger partial charge on any atom is 0.180 e. The van der Waals surface area contributed by atoms with E-state index in [0.29, 0.717) is 41.6 Å². The first kappa shape index (κ1) is 25.3. The Hall–Kier alpha value is -4.02. The van der Waals surface area contributed by atoms with Crippen LogP contribution in [0.2, 0.25) is 5.02 Å². The summed E-state index contributed by atoms with van der Waals surface area (Å²) in [6.45, 7) is 2.87. The van der Waals surface area contributed by atoms with Crippen LogP contribution in [0.25, 0.3) is 0 Å². The summed E-state index contributed by atoms with van der Waals surface area (Å²) in [5.74, 6) is 2.15. The summed E-state index contributed by atoms with van der Waals surface area (Å²) in [5, 5.41) is 4.29. The number of hydrogen-bond acceptors (Lipinski definition) is 4. The summed E-state index contributed by atoms with van der Waals surface area (Å²) >= 11 is 6.63. The lowest BCUT2D eigenvalue weighted by Gasteiger charge is -2.37. The lowest BCUT2D eigenvalue weighted by atomic mass is 9.77. The van der Waals surface area contributed by atoms with Crippen molar-refractivity contribution in [3.63, 3.8) is 0 Å². The van der Waals surface area contributed by atoms with Gasteiger partial charge in [-0.3, -0.25) is 4.99 Å². The number of allylic oxidation sites excluding steroid dienone is 2. The van der Waals surface area contributed by atoms with Gasteiger partial charge in [0.25, 0.3) is 0 Å². The van der Waals surface area contributed by atoms with Crippen LogP contribution in [-0.4, -0.2) is 12.8 Å². The van der Waals surface area contributed by atoms with E-state index in [2.05, 4.69) is 66.0 Å². The van der Waals surface area contributed by atoms with E-state index in [4.69, 9.17) is 26.1 Å². The summed E-state index contributed by atoms with van der Waals surface area (Å²) in [4.78, 5) is 4.72. The molecule has 2 aliphatic rings. The van der Waals surface area contributed by atoms with Gasteiger partial charge in [-0.05, 0) is 71.8 Å². The van der Waals surface area contributed by atoms with Gasteiger partial charge in [-0.25, -0.2) is 0 Å². The molecule has 39 heavy (non-hydrogen) atoms. The summed E-state index contributed by atoms with van der Waals surface area (Å²) in [6.07, 6.45) is 7.60. The maximum absolute atomic E-state index is 6.63. The number of ether oxygens (including phenoxy) is 2. The highest BCUT2D eigenvalue weighted by Gasteiger charge is 2.37. The Kier molecular flexibility index (Phi) is 7.38. The number of fused-ring (bicyclic) bond motifs is 3. The molecular formula is C34H31ClN2O2. The van der Waals surface area contributed by atoms with Crippen LogP contribution in [0.15, 0.2) is 108 Å². The fraction of sp³-hybridized carbons (Fsp3) is 0.206. The summed E-state index contributed by atoms with van der Waals surface area (Å²) in [7, 11) is 0. The molecule has 0 aromatic heterocycles. The summed E-state index contributed by atoms with van der Waals surface area (Å²) < 4.78 is 11.9. The van der Waals surface area contributed by atoms with Crippen molar-refractivity contribution in [2.45, 2.75) is 31.9 Å². The quantitative estimate of drug-likeness (QED) is 0.181. The Bertz CT molecular complexity index is 1500. The van der Waals surface area contributed by atoms with Gasteiger partial charge in [0.2, 0.25) is 0 Å². The molecule has 0 amide bonds. The Morgan fingerprint density at radius 3 is 2.56 bits per heavy atom. The molecule has 196 valence electrons. The molecule has 1 N–H and O–H groups in total. The number of anilines is 1. The minimum atomic E-state index is 0.272. The van der Waals surface area contributed by atoms with E-state index >= 15 is 0 Å². The standard InChI is InChI=1S/C34H31ClN2O2/c1-2-38-32-20-24(19-30(35)34(32)39-22-23-9-4-3-5-10-23)21-36-26-17-15-25(16-18-26)33-29-13-8-12-27(29)28-11-6-7-14-31(28)37-33/h3-12,14-21,27,29,33,37H,2,13,22H2,1H3/t27-,29-,33-/m0/s1. The van der Waals surface area contributed by atoms with Gasteiger partial charge in [-0.2, -0.15) is 0 Å². The molecule has 0 spiro atoms. The van der Waals surface area contributed by atoms with E-state index in [0.717, 1.165) is 23.2 Å². The van der Waals surface area contributed by atoms with Gasteiger partial charge in [0.15, 0.2) is 11.5 Å². The largest absolute Gasteiger partial charge is 0.490 e. The molecule has 0 fully saturated rings. The van der Waals surface area contributed by atoms with Crippen LogP contribution in [0, 0.1) is 5.92 Å². The molecule has 1 heterocycles. The SMILES string of the molecule is CCOc1cc(C=Nc2ccc([C@@H]3Nc4ccccc4[C@@H]4C=CC[C@@H]43)cc2)cc(Cl)c1OCc1ccccc1. The number of para-hydroxylation sites is 1. The molecule has 0 unspecified atom stereocenters. The predicted molar refractivity (Wildman–Crippen MR) is 160 cm³/mol. The van der Waals surface area contributed by atoms with Crippen LogP contribution in [0.4, 0.5) is 11.4 Å². The van der Waals surface area contributed by atoms with Crippen LogP contribution in [0.1, 0.15) is 47.6 Å². The lowest BCUT2D eigenvalue weighted by molar-refractivity contribution is 0.269. The van der Waals surface area contributed by atoms with Gasteiger partial charge < -0.3 is 14.8 Å². The molecule has 4 nitrogen and oxygen atoms in total. The monoisotopic (exact) mass is 534 g/mol. The molecule has 6 rings (SSSR count). The molecule has 1 aliphatic heterocycles. The third-order valence-corrected chi connectivity index (χ3v) is 7.73. The van der Waals surface area contributed by atoms with Gasteiger partial charge in [0.1, 0.15) is 6.61 Å². The van der Waals surface area contributed by atoms with Crippen molar-refractivity contribution in [2.24, 2.45) is 10.9 Å². The third kappa shape index (κ3) is 5.43. The van der Waals surface area contributed by atoms with Gasteiger partial charge >= 0.3 is 0 Å². The highest BCUT2D eigenvalue weighted by Crippen LogP contribution is 2.49. The first-order chi connectivity index (χ1) is 19.2. The van der Waals surface area contributed by atoms with E-state index in [9.17, 15) is 0 Å². The van der Waals surface area contributed by atoms with Gasteiger partial charge in [-0.15, -0.1) is 0 Å². The molecular weight excluding hydrogens is 504 g/mol. The smallest absolute Gasteiger partial charge is 0.180 e. The van der Waals surface area contributed by atoms with E-state index in [-0.39, 0.29) is 6.04 Å². The Labute approximate surface area is 235 Å². The zero-order valence-electron chi connectivity index (χ0n) is 21.9. The molecule has 0 bridgehead atoms. The number of aliphatic imine (C=N–C) groups is 1. The molecule has 0 radical (unpaired) electrons. The second-order valence-corrected chi connectivity index (χ2v) is 10.4. The second kappa shape index (κ2) is 11.4. The molecule has 3 atom stereocenters.